The van der Waals surface area contributed by atoms with E-state index in [2.05, 4.69) is 0 Å². The standard InChI is InChI=1S/C14H24N2O4S/c1-4-16(12(2)11-19-3)21(17,18)9-8-20-14-7-5-6-13(15)10-14/h5-7,10,12H,4,8-9,11,15H2,1-3H3. The molecule has 0 aliphatic carbocycles. The summed E-state index contributed by atoms with van der Waals surface area (Å²) < 4.78 is 36.5. The Morgan fingerprint density at radius 3 is 2.67 bits per heavy atom. The molecule has 120 valence electrons. The summed E-state index contributed by atoms with van der Waals surface area (Å²) in [6.45, 7) is 4.49. The number of nitrogens with zero attached hydrogens (tertiary/aromatic N) is 1. The van der Waals surface area contributed by atoms with Gasteiger partial charge in [0, 0.05) is 31.5 Å². The molecule has 0 saturated heterocycles. The van der Waals surface area contributed by atoms with Crippen molar-refractivity contribution in [3.63, 3.8) is 0 Å². The summed E-state index contributed by atoms with van der Waals surface area (Å²) in [5.74, 6) is 0.488. The number of sulfonamides is 1. The molecular formula is C14H24N2O4S. The summed E-state index contributed by atoms with van der Waals surface area (Å²) in [6, 6.07) is 6.72. The minimum absolute atomic E-state index is 0.0797. The van der Waals surface area contributed by atoms with Crippen molar-refractivity contribution in [3.8, 4) is 5.75 Å². The van der Waals surface area contributed by atoms with E-state index in [1.165, 1.54) is 4.31 Å². The maximum Gasteiger partial charge on any atom is 0.217 e. The van der Waals surface area contributed by atoms with Gasteiger partial charge < -0.3 is 15.2 Å². The van der Waals surface area contributed by atoms with E-state index in [1.807, 2.05) is 13.8 Å². The molecule has 0 radical (unpaired) electrons. The average Bonchev–Trinajstić information content (AvgIpc) is 2.39. The monoisotopic (exact) mass is 316 g/mol. The minimum atomic E-state index is -3.38. The molecule has 0 amide bonds. The number of nitrogens with two attached hydrogens (primary N) is 1. The van der Waals surface area contributed by atoms with Crippen LogP contribution in [0.15, 0.2) is 24.3 Å². The topological polar surface area (TPSA) is 81.9 Å². The van der Waals surface area contributed by atoms with Crippen LogP contribution in [-0.4, -0.2) is 51.4 Å². The third-order valence-corrected chi connectivity index (χ3v) is 5.05. The summed E-state index contributed by atoms with van der Waals surface area (Å²) in [4.78, 5) is 0. The van der Waals surface area contributed by atoms with Gasteiger partial charge in [-0.05, 0) is 19.1 Å². The molecule has 0 aromatic heterocycles. The predicted octanol–water partition coefficient (Wildman–Crippen LogP) is 1.33. The Labute approximate surface area is 126 Å². The first kappa shape index (κ1) is 17.7. The minimum Gasteiger partial charge on any atom is -0.492 e. The molecule has 21 heavy (non-hydrogen) atoms. The summed E-state index contributed by atoms with van der Waals surface area (Å²) in [6.07, 6.45) is 0. The molecule has 0 saturated carbocycles. The van der Waals surface area contributed by atoms with Crippen molar-refractivity contribution in [1.82, 2.24) is 4.31 Å². The average molecular weight is 316 g/mol. The van der Waals surface area contributed by atoms with Gasteiger partial charge in [0.25, 0.3) is 0 Å². The van der Waals surface area contributed by atoms with Crippen LogP contribution in [0.2, 0.25) is 0 Å². The van der Waals surface area contributed by atoms with Gasteiger partial charge in [-0.25, -0.2) is 8.42 Å². The molecule has 2 N–H and O–H groups in total. The molecule has 0 aliphatic heterocycles. The quantitative estimate of drug-likeness (QED) is 0.695. The van der Waals surface area contributed by atoms with Crippen LogP contribution in [0.25, 0.3) is 0 Å². The van der Waals surface area contributed by atoms with Crippen LogP contribution < -0.4 is 10.5 Å². The van der Waals surface area contributed by atoms with Gasteiger partial charge >= 0.3 is 0 Å². The Kier molecular flexibility index (Phi) is 6.94. The van der Waals surface area contributed by atoms with Gasteiger partial charge in [0.05, 0.1) is 12.4 Å². The van der Waals surface area contributed by atoms with E-state index in [9.17, 15) is 8.42 Å². The Bertz CT molecular complexity index is 534. The number of anilines is 1. The fraction of sp³-hybridized carbons (Fsp3) is 0.571. The Morgan fingerprint density at radius 1 is 1.38 bits per heavy atom. The second kappa shape index (κ2) is 8.21. The lowest BCUT2D eigenvalue weighted by Gasteiger charge is -2.26. The van der Waals surface area contributed by atoms with Crippen molar-refractivity contribution in [2.24, 2.45) is 0 Å². The number of hydrogen-bond acceptors (Lipinski definition) is 5. The number of ether oxygens (including phenoxy) is 2. The maximum absolute atomic E-state index is 12.3. The first-order valence-corrected chi connectivity index (χ1v) is 8.48. The van der Waals surface area contributed by atoms with E-state index in [0.29, 0.717) is 24.6 Å². The molecule has 1 aromatic rings. The molecule has 0 heterocycles. The number of likely N-dealkylation sites (N-methyl/N-ethyl adjacent to an activating group) is 1. The normalized spacial score (nSPS) is 13.3. The fourth-order valence-electron chi connectivity index (χ4n) is 2.09. The summed E-state index contributed by atoms with van der Waals surface area (Å²) in [7, 11) is -1.82. The SMILES string of the molecule is CCN(C(C)COC)S(=O)(=O)CCOc1cccc(N)c1. The molecule has 1 atom stereocenters. The summed E-state index contributed by atoms with van der Waals surface area (Å²) in [5, 5.41) is 0. The van der Waals surface area contributed by atoms with E-state index in [0.717, 1.165) is 0 Å². The molecule has 0 spiro atoms. The van der Waals surface area contributed by atoms with Gasteiger partial charge in [0.1, 0.15) is 12.4 Å². The van der Waals surface area contributed by atoms with Crippen LogP contribution >= 0.6 is 0 Å². The number of rotatable bonds is 9. The largest absolute Gasteiger partial charge is 0.492 e. The van der Waals surface area contributed by atoms with Crippen LogP contribution in [-0.2, 0) is 14.8 Å². The van der Waals surface area contributed by atoms with E-state index in [4.69, 9.17) is 15.2 Å². The molecule has 1 aromatic carbocycles. The zero-order chi connectivity index (χ0) is 15.9. The van der Waals surface area contributed by atoms with E-state index >= 15 is 0 Å². The van der Waals surface area contributed by atoms with Gasteiger partial charge in [-0.1, -0.05) is 13.0 Å². The van der Waals surface area contributed by atoms with Gasteiger partial charge in [0.2, 0.25) is 10.0 Å². The van der Waals surface area contributed by atoms with E-state index in [-0.39, 0.29) is 18.4 Å². The van der Waals surface area contributed by atoms with E-state index in [1.54, 1.807) is 31.4 Å². The van der Waals surface area contributed by atoms with Crippen molar-refractivity contribution >= 4 is 15.7 Å². The third-order valence-electron chi connectivity index (χ3n) is 3.04. The molecule has 6 nitrogen and oxygen atoms in total. The highest BCUT2D eigenvalue weighted by atomic mass is 32.2. The number of hydrogen-bond donors (Lipinski definition) is 1. The number of benzene rings is 1. The van der Waals surface area contributed by atoms with Crippen molar-refractivity contribution < 1.29 is 17.9 Å². The zero-order valence-corrected chi connectivity index (χ0v) is 13.6. The van der Waals surface area contributed by atoms with Crippen LogP contribution in [0.1, 0.15) is 13.8 Å². The first-order chi connectivity index (χ1) is 9.90. The van der Waals surface area contributed by atoms with Crippen LogP contribution in [0.3, 0.4) is 0 Å². The molecule has 0 aliphatic rings. The van der Waals surface area contributed by atoms with Gasteiger partial charge in [-0.2, -0.15) is 4.31 Å². The van der Waals surface area contributed by atoms with Gasteiger partial charge in [0.15, 0.2) is 0 Å². The zero-order valence-electron chi connectivity index (χ0n) is 12.8. The third kappa shape index (κ3) is 5.53. The molecule has 7 heteroatoms. The van der Waals surface area contributed by atoms with Crippen LogP contribution in [0.5, 0.6) is 5.75 Å². The summed E-state index contributed by atoms with van der Waals surface area (Å²) in [5.41, 5.74) is 6.22. The van der Waals surface area contributed by atoms with Crippen molar-refractivity contribution in [3.05, 3.63) is 24.3 Å². The Balaban J connectivity index is 2.59. The highest BCUT2D eigenvalue weighted by Crippen LogP contribution is 2.15. The summed E-state index contributed by atoms with van der Waals surface area (Å²) >= 11 is 0. The lowest BCUT2D eigenvalue weighted by Crippen LogP contribution is -2.42. The van der Waals surface area contributed by atoms with Crippen molar-refractivity contribution in [2.75, 3.05) is 38.4 Å². The number of nitrogen functional groups attached to an aromatic ring is 1. The second-order valence-electron chi connectivity index (χ2n) is 4.74. The van der Waals surface area contributed by atoms with Crippen LogP contribution in [0.4, 0.5) is 5.69 Å². The first-order valence-electron chi connectivity index (χ1n) is 6.87. The van der Waals surface area contributed by atoms with Gasteiger partial charge in [-0.3, -0.25) is 0 Å². The second-order valence-corrected chi connectivity index (χ2v) is 6.79. The van der Waals surface area contributed by atoms with E-state index < -0.39 is 10.0 Å². The van der Waals surface area contributed by atoms with Crippen molar-refractivity contribution in [2.45, 2.75) is 19.9 Å². The predicted molar refractivity (Wildman–Crippen MR) is 83.9 cm³/mol. The highest BCUT2D eigenvalue weighted by Gasteiger charge is 2.25. The molecular weight excluding hydrogens is 292 g/mol. The van der Waals surface area contributed by atoms with Crippen molar-refractivity contribution in [1.29, 1.82) is 0 Å². The Morgan fingerprint density at radius 2 is 2.10 bits per heavy atom. The fourth-order valence-corrected chi connectivity index (χ4v) is 3.62. The lowest BCUT2D eigenvalue weighted by molar-refractivity contribution is 0.142. The van der Waals surface area contributed by atoms with Gasteiger partial charge in [-0.15, -0.1) is 0 Å². The highest BCUT2D eigenvalue weighted by molar-refractivity contribution is 7.89. The molecule has 1 unspecified atom stereocenters. The smallest absolute Gasteiger partial charge is 0.217 e. The lowest BCUT2D eigenvalue weighted by atomic mass is 10.3. The van der Waals surface area contributed by atoms with Crippen LogP contribution in [0, 0.1) is 0 Å². The molecule has 0 bridgehead atoms. The maximum atomic E-state index is 12.3. The molecule has 1 rings (SSSR count). The molecule has 0 fully saturated rings. The Hall–Kier alpha value is -1.31. The number of methoxy groups -OCH3 is 1.